The molecule has 0 aliphatic carbocycles. The fourth-order valence-electron chi connectivity index (χ4n) is 2.72. The minimum atomic E-state index is 0.165. The molecule has 0 radical (unpaired) electrons. The second kappa shape index (κ2) is 6.12. The maximum Gasteiger partial charge on any atom is 0.165 e. The van der Waals surface area contributed by atoms with Gasteiger partial charge in [0.1, 0.15) is 5.82 Å². The highest BCUT2D eigenvalue weighted by Crippen LogP contribution is 2.23. The Balaban J connectivity index is 1.64. The Kier molecular flexibility index (Phi) is 3.67. The van der Waals surface area contributed by atoms with Crippen LogP contribution in [-0.4, -0.2) is 19.6 Å². The molecule has 24 heavy (non-hydrogen) atoms. The maximum absolute atomic E-state index is 4.66. The Morgan fingerprint density at radius 2 is 1.83 bits per heavy atom. The van der Waals surface area contributed by atoms with Crippen LogP contribution in [0.1, 0.15) is 18.5 Å². The van der Waals surface area contributed by atoms with Crippen molar-refractivity contribution in [3.63, 3.8) is 0 Å². The van der Waals surface area contributed by atoms with Crippen molar-refractivity contribution in [2.75, 3.05) is 5.32 Å². The van der Waals surface area contributed by atoms with Crippen LogP contribution < -0.4 is 5.32 Å². The number of hydrogen-bond donors (Lipinski definition) is 1. The molecule has 0 spiro atoms. The fourth-order valence-corrected chi connectivity index (χ4v) is 2.72. The van der Waals surface area contributed by atoms with Crippen molar-refractivity contribution in [1.82, 2.24) is 19.6 Å². The number of aromatic nitrogens is 4. The molecule has 0 fully saturated rings. The smallest absolute Gasteiger partial charge is 0.165 e. The third kappa shape index (κ3) is 2.72. The van der Waals surface area contributed by atoms with Gasteiger partial charge in [0.15, 0.2) is 5.82 Å². The van der Waals surface area contributed by atoms with E-state index in [1.165, 1.54) is 5.56 Å². The molecule has 1 atom stereocenters. The van der Waals surface area contributed by atoms with Gasteiger partial charge in [0.25, 0.3) is 0 Å². The fraction of sp³-hybridized carbons (Fsp3) is 0.105. The van der Waals surface area contributed by atoms with Gasteiger partial charge in [-0.1, -0.05) is 36.4 Å². The predicted octanol–water partition coefficient (Wildman–Crippen LogP) is 3.96. The average Bonchev–Trinajstić information content (AvgIpc) is 3.07. The van der Waals surface area contributed by atoms with E-state index >= 15 is 0 Å². The first-order valence-electron chi connectivity index (χ1n) is 7.88. The standard InChI is InChI=1S/C19H17N5/c1-14(15-7-3-2-4-8-15)22-18-10-11-20-19(23-18)16-13-21-24-12-6-5-9-17(16)24/h2-14H,1H3,(H,20,22,23). The highest BCUT2D eigenvalue weighted by molar-refractivity contribution is 5.75. The van der Waals surface area contributed by atoms with Crippen LogP contribution >= 0.6 is 0 Å². The second-order valence-corrected chi connectivity index (χ2v) is 5.63. The summed E-state index contributed by atoms with van der Waals surface area (Å²) in [5, 5.41) is 7.78. The number of anilines is 1. The van der Waals surface area contributed by atoms with E-state index in [9.17, 15) is 0 Å². The van der Waals surface area contributed by atoms with Gasteiger partial charge in [-0.2, -0.15) is 5.10 Å². The van der Waals surface area contributed by atoms with Crippen molar-refractivity contribution in [2.24, 2.45) is 0 Å². The van der Waals surface area contributed by atoms with Crippen molar-refractivity contribution in [1.29, 1.82) is 0 Å². The lowest BCUT2D eigenvalue weighted by Gasteiger charge is -2.15. The number of benzene rings is 1. The molecule has 3 heterocycles. The molecule has 5 nitrogen and oxygen atoms in total. The highest BCUT2D eigenvalue weighted by atomic mass is 15.2. The lowest BCUT2D eigenvalue weighted by Crippen LogP contribution is -2.08. The zero-order valence-electron chi connectivity index (χ0n) is 13.3. The van der Waals surface area contributed by atoms with E-state index in [2.05, 4.69) is 39.4 Å². The molecule has 4 rings (SSSR count). The molecule has 0 aliphatic rings. The van der Waals surface area contributed by atoms with Crippen molar-refractivity contribution >= 4 is 11.3 Å². The SMILES string of the molecule is CC(Nc1ccnc(-c2cnn3ccccc23)n1)c1ccccc1. The van der Waals surface area contributed by atoms with E-state index < -0.39 is 0 Å². The lowest BCUT2D eigenvalue weighted by atomic mass is 10.1. The summed E-state index contributed by atoms with van der Waals surface area (Å²) < 4.78 is 1.82. The number of nitrogens with zero attached hydrogens (tertiary/aromatic N) is 4. The molecule has 1 N–H and O–H groups in total. The molecular weight excluding hydrogens is 298 g/mol. The van der Waals surface area contributed by atoms with Gasteiger partial charge in [0.05, 0.1) is 17.3 Å². The van der Waals surface area contributed by atoms with E-state index in [0.29, 0.717) is 5.82 Å². The van der Waals surface area contributed by atoms with Crippen molar-refractivity contribution in [2.45, 2.75) is 13.0 Å². The number of fused-ring (bicyclic) bond motifs is 1. The van der Waals surface area contributed by atoms with Crippen LogP contribution in [0.25, 0.3) is 16.9 Å². The summed E-state index contributed by atoms with van der Waals surface area (Å²) >= 11 is 0. The largest absolute Gasteiger partial charge is 0.363 e. The van der Waals surface area contributed by atoms with Crippen LogP contribution in [0.15, 0.2) is 73.2 Å². The molecule has 5 heteroatoms. The number of rotatable bonds is 4. The number of hydrogen-bond acceptors (Lipinski definition) is 4. The average molecular weight is 315 g/mol. The van der Waals surface area contributed by atoms with Gasteiger partial charge in [-0.3, -0.25) is 0 Å². The van der Waals surface area contributed by atoms with Gasteiger partial charge < -0.3 is 5.32 Å². The third-order valence-electron chi connectivity index (χ3n) is 3.99. The first-order chi connectivity index (χ1) is 11.8. The third-order valence-corrected chi connectivity index (χ3v) is 3.99. The van der Waals surface area contributed by atoms with E-state index in [1.54, 1.807) is 12.4 Å². The normalized spacial score (nSPS) is 12.2. The molecule has 0 saturated heterocycles. The summed E-state index contributed by atoms with van der Waals surface area (Å²) in [4.78, 5) is 9.06. The summed E-state index contributed by atoms with van der Waals surface area (Å²) in [5.41, 5.74) is 3.13. The first-order valence-corrected chi connectivity index (χ1v) is 7.88. The molecule has 118 valence electrons. The van der Waals surface area contributed by atoms with Crippen molar-refractivity contribution < 1.29 is 0 Å². The number of nitrogens with one attached hydrogen (secondary N) is 1. The van der Waals surface area contributed by atoms with Crippen molar-refractivity contribution in [3.05, 3.63) is 78.8 Å². The summed E-state index contributed by atoms with van der Waals surface area (Å²) in [6.07, 6.45) is 5.49. The topological polar surface area (TPSA) is 55.1 Å². The second-order valence-electron chi connectivity index (χ2n) is 5.63. The minimum absolute atomic E-state index is 0.165. The lowest BCUT2D eigenvalue weighted by molar-refractivity contribution is 0.873. The Morgan fingerprint density at radius 3 is 2.71 bits per heavy atom. The Labute approximate surface area is 140 Å². The van der Waals surface area contributed by atoms with Gasteiger partial charge >= 0.3 is 0 Å². The Morgan fingerprint density at radius 1 is 1.00 bits per heavy atom. The van der Waals surface area contributed by atoms with E-state index in [0.717, 1.165) is 16.9 Å². The summed E-state index contributed by atoms with van der Waals surface area (Å²) in [7, 11) is 0. The molecular formula is C19H17N5. The molecule has 0 saturated carbocycles. The first kappa shape index (κ1) is 14.4. The van der Waals surface area contributed by atoms with Crippen LogP contribution in [0.5, 0.6) is 0 Å². The molecule has 0 aliphatic heterocycles. The molecule has 4 aromatic rings. The van der Waals surface area contributed by atoms with Crippen LogP contribution in [0.3, 0.4) is 0 Å². The quantitative estimate of drug-likeness (QED) is 0.619. The maximum atomic E-state index is 4.66. The van der Waals surface area contributed by atoms with Crippen LogP contribution in [0.4, 0.5) is 5.82 Å². The van der Waals surface area contributed by atoms with Gasteiger partial charge in [-0.25, -0.2) is 14.5 Å². The van der Waals surface area contributed by atoms with E-state index in [4.69, 9.17) is 0 Å². The molecule has 0 bridgehead atoms. The van der Waals surface area contributed by atoms with E-state index in [-0.39, 0.29) is 6.04 Å². The zero-order chi connectivity index (χ0) is 16.4. The van der Waals surface area contributed by atoms with Gasteiger partial charge in [0, 0.05) is 18.4 Å². The summed E-state index contributed by atoms with van der Waals surface area (Å²) in [6.45, 7) is 2.12. The van der Waals surface area contributed by atoms with Gasteiger partial charge in [-0.05, 0) is 30.7 Å². The predicted molar refractivity (Wildman–Crippen MR) is 94.7 cm³/mol. The highest BCUT2D eigenvalue weighted by Gasteiger charge is 2.11. The summed E-state index contributed by atoms with van der Waals surface area (Å²) in [6, 6.07) is 18.3. The molecule has 3 aromatic heterocycles. The van der Waals surface area contributed by atoms with Gasteiger partial charge in [0.2, 0.25) is 0 Å². The zero-order valence-corrected chi connectivity index (χ0v) is 13.3. The molecule has 1 unspecified atom stereocenters. The monoisotopic (exact) mass is 315 g/mol. The number of pyridine rings is 1. The Bertz CT molecular complexity index is 962. The van der Waals surface area contributed by atoms with Crippen LogP contribution in [0.2, 0.25) is 0 Å². The minimum Gasteiger partial charge on any atom is -0.363 e. The Hall–Kier alpha value is -3.21. The van der Waals surface area contributed by atoms with Crippen molar-refractivity contribution in [3.8, 4) is 11.4 Å². The molecule has 1 aromatic carbocycles. The van der Waals surface area contributed by atoms with Crippen LogP contribution in [-0.2, 0) is 0 Å². The van der Waals surface area contributed by atoms with E-state index in [1.807, 2.05) is 53.2 Å². The molecule has 0 amide bonds. The van der Waals surface area contributed by atoms with Crippen LogP contribution in [0, 0.1) is 0 Å². The summed E-state index contributed by atoms with van der Waals surface area (Å²) in [5.74, 6) is 1.47. The van der Waals surface area contributed by atoms with Gasteiger partial charge in [-0.15, -0.1) is 0 Å².